The molecule has 43 heavy (non-hydrogen) atoms. The molecule has 14 heteroatoms. The van der Waals surface area contributed by atoms with E-state index in [4.69, 9.17) is 27.9 Å². The molecular weight excluding hydrogens is 611 g/mol. The maximum atomic E-state index is 11.9. The maximum Gasteiger partial charge on any atom is 0.229 e. The Morgan fingerprint density at radius 1 is 0.930 bits per heavy atom. The highest BCUT2D eigenvalue weighted by molar-refractivity contribution is 7.92. The summed E-state index contributed by atoms with van der Waals surface area (Å²) in [6.07, 6.45) is 4.82. The molecular formula is C29H38Cl2N8O3S. The van der Waals surface area contributed by atoms with Crippen molar-refractivity contribution in [3.8, 4) is 5.75 Å². The molecule has 2 aliphatic heterocycles. The molecule has 0 unspecified atom stereocenters. The van der Waals surface area contributed by atoms with Crippen LogP contribution in [0, 0.1) is 6.92 Å². The van der Waals surface area contributed by atoms with Crippen molar-refractivity contribution < 1.29 is 13.2 Å². The van der Waals surface area contributed by atoms with Gasteiger partial charge in [0.25, 0.3) is 0 Å². The number of piperidine rings is 1. The molecule has 0 atom stereocenters. The summed E-state index contributed by atoms with van der Waals surface area (Å²) in [5.74, 6) is 1.07. The number of aromatic nitrogens is 2. The number of ether oxygens (including phenoxy) is 1. The van der Waals surface area contributed by atoms with Crippen LogP contribution in [0.1, 0.15) is 18.4 Å². The van der Waals surface area contributed by atoms with Gasteiger partial charge in [0.15, 0.2) is 5.82 Å². The van der Waals surface area contributed by atoms with Crippen molar-refractivity contribution in [2.75, 3.05) is 79.9 Å². The van der Waals surface area contributed by atoms with Crippen LogP contribution in [0.15, 0.2) is 36.5 Å². The molecule has 0 amide bonds. The number of nitrogens with one attached hydrogen (secondary N) is 3. The van der Waals surface area contributed by atoms with Crippen LogP contribution in [-0.2, 0) is 10.0 Å². The van der Waals surface area contributed by atoms with E-state index >= 15 is 0 Å². The second-order valence-corrected chi connectivity index (χ2v) is 13.7. The monoisotopic (exact) mass is 648 g/mol. The zero-order valence-corrected chi connectivity index (χ0v) is 27.2. The summed E-state index contributed by atoms with van der Waals surface area (Å²) in [5.41, 5.74) is 3.63. The first kappa shape index (κ1) is 31.4. The van der Waals surface area contributed by atoms with E-state index < -0.39 is 10.0 Å². The molecule has 11 nitrogen and oxygen atoms in total. The molecule has 2 aliphatic rings. The van der Waals surface area contributed by atoms with Gasteiger partial charge in [-0.1, -0.05) is 23.2 Å². The lowest BCUT2D eigenvalue weighted by atomic mass is 10.0. The Bertz CT molecular complexity index is 1560. The van der Waals surface area contributed by atoms with Crippen molar-refractivity contribution in [2.24, 2.45) is 0 Å². The van der Waals surface area contributed by atoms with E-state index in [1.165, 1.54) is 13.3 Å². The number of halogens is 2. The van der Waals surface area contributed by atoms with Crippen molar-refractivity contribution in [3.63, 3.8) is 0 Å². The highest BCUT2D eigenvalue weighted by Crippen LogP contribution is 2.36. The highest BCUT2D eigenvalue weighted by Gasteiger charge is 2.27. The van der Waals surface area contributed by atoms with Gasteiger partial charge in [0.05, 0.1) is 41.6 Å². The van der Waals surface area contributed by atoms with E-state index in [9.17, 15) is 8.42 Å². The van der Waals surface area contributed by atoms with Crippen LogP contribution in [0.25, 0.3) is 0 Å². The van der Waals surface area contributed by atoms with Crippen LogP contribution in [0.4, 0.5) is 34.5 Å². The van der Waals surface area contributed by atoms with Gasteiger partial charge in [-0.05, 0) is 56.6 Å². The Kier molecular flexibility index (Phi) is 9.72. The number of hydrogen-bond donors (Lipinski definition) is 3. The molecule has 0 bridgehead atoms. The second kappa shape index (κ2) is 13.3. The van der Waals surface area contributed by atoms with Crippen molar-refractivity contribution in [2.45, 2.75) is 25.8 Å². The van der Waals surface area contributed by atoms with Gasteiger partial charge in [0.1, 0.15) is 10.8 Å². The predicted molar refractivity (Wildman–Crippen MR) is 176 cm³/mol. The molecule has 0 radical (unpaired) electrons. The van der Waals surface area contributed by atoms with Gasteiger partial charge in [-0.25, -0.2) is 13.4 Å². The largest absolute Gasteiger partial charge is 0.497 e. The Balaban J connectivity index is 1.29. The molecule has 3 aromatic rings. The van der Waals surface area contributed by atoms with Crippen molar-refractivity contribution in [3.05, 3.63) is 52.1 Å². The minimum atomic E-state index is -3.53. The fourth-order valence-electron chi connectivity index (χ4n) is 5.57. The van der Waals surface area contributed by atoms with E-state index in [-0.39, 0.29) is 16.8 Å². The summed E-state index contributed by atoms with van der Waals surface area (Å²) in [6, 6.07) is 9.54. The van der Waals surface area contributed by atoms with Gasteiger partial charge in [0.2, 0.25) is 16.0 Å². The molecule has 3 heterocycles. The third kappa shape index (κ3) is 7.93. The van der Waals surface area contributed by atoms with Crippen LogP contribution < -0.4 is 25.0 Å². The van der Waals surface area contributed by atoms with Gasteiger partial charge in [0, 0.05) is 57.1 Å². The summed E-state index contributed by atoms with van der Waals surface area (Å²) in [4.78, 5) is 16.3. The molecule has 0 spiro atoms. The maximum absolute atomic E-state index is 11.9. The zero-order valence-electron chi connectivity index (χ0n) is 24.8. The van der Waals surface area contributed by atoms with E-state index in [1.807, 2.05) is 12.1 Å². The van der Waals surface area contributed by atoms with Crippen LogP contribution in [0.5, 0.6) is 5.75 Å². The standard InChI is InChI=1S/C29H38Cl2N8O3S/c1-19-15-25(22(30)17-27(19)39-9-7-20(8-10-39)38-13-11-37(2)12-14-38)34-29-32-18-23(31)28(35-29)33-26-16-21(42-3)5-6-24(26)36-43(4,40)41/h5-6,15-18,20,36H,7-14H2,1-4H3,(H2,32,33,34,35). The average molecular weight is 650 g/mol. The number of methoxy groups -OCH3 is 1. The molecule has 1 aromatic heterocycles. The topological polar surface area (TPSA) is 115 Å². The van der Waals surface area contributed by atoms with Crippen LogP contribution in [0.3, 0.4) is 0 Å². The number of piperazine rings is 1. The second-order valence-electron chi connectivity index (χ2n) is 11.1. The van der Waals surface area contributed by atoms with Gasteiger partial charge in [-0.15, -0.1) is 0 Å². The summed E-state index contributed by atoms with van der Waals surface area (Å²) in [7, 11) is 0.186. The van der Waals surface area contributed by atoms with E-state index in [1.54, 1.807) is 18.2 Å². The molecule has 0 saturated carbocycles. The summed E-state index contributed by atoms with van der Waals surface area (Å²) >= 11 is 13.2. The van der Waals surface area contributed by atoms with E-state index in [0.29, 0.717) is 33.9 Å². The number of nitrogens with zero attached hydrogens (tertiary/aromatic N) is 5. The Labute approximate surface area is 263 Å². The van der Waals surface area contributed by atoms with Gasteiger partial charge >= 0.3 is 0 Å². The minimum Gasteiger partial charge on any atom is -0.497 e. The SMILES string of the molecule is COc1ccc(NS(C)(=O)=O)c(Nc2nc(Nc3cc(C)c(N4CCC(N5CCN(C)CC5)CC4)cc3Cl)ncc2Cl)c1. The average Bonchev–Trinajstić information content (AvgIpc) is 2.97. The number of aryl methyl sites for hydroxylation is 1. The molecule has 5 rings (SSSR count). The van der Waals surface area contributed by atoms with Crippen LogP contribution in [-0.4, -0.2) is 93.9 Å². The van der Waals surface area contributed by atoms with Crippen LogP contribution in [0.2, 0.25) is 10.0 Å². The number of anilines is 6. The van der Waals surface area contributed by atoms with Crippen molar-refractivity contribution in [1.82, 2.24) is 19.8 Å². The molecule has 0 aliphatic carbocycles. The number of likely N-dealkylation sites (N-methyl/N-ethyl adjacent to an activating group) is 1. The molecule has 2 aromatic carbocycles. The summed E-state index contributed by atoms with van der Waals surface area (Å²) in [5, 5.41) is 7.11. The Morgan fingerprint density at radius 3 is 2.33 bits per heavy atom. The molecule has 2 fully saturated rings. The Hall–Kier alpha value is -3.03. The molecule has 232 valence electrons. The number of hydrogen-bond acceptors (Lipinski definition) is 10. The predicted octanol–water partition coefficient (Wildman–Crippen LogP) is 5.18. The summed E-state index contributed by atoms with van der Waals surface area (Å²) in [6.45, 7) is 8.65. The summed E-state index contributed by atoms with van der Waals surface area (Å²) < 4.78 is 31.6. The normalized spacial score (nSPS) is 17.1. The van der Waals surface area contributed by atoms with Gasteiger partial charge < -0.3 is 25.2 Å². The first-order valence-corrected chi connectivity index (χ1v) is 16.8. The Morgan fingerprint density at radius 2 is 1.65 bits per heavy atom. The van der Waals surface area contributed by atoms with E-state index in [2.05, 4.69) is 54.0 Å². The van der Waals surface area contributed by atoms with Gasteiger partial charge in [-0.3, -0.25) is 9.62 Å². The highest BCUT2D eigenvalue weighted by atomic mass is 35.5. The number of benzene rings is 2. The van der Waals surface area contributed by atoms with Gasteiger partial charge in [-0.2, -0.15) is 4.98 Å². The first-order valence-electron chi connectivity index (χ1n) is 14.2. The number of sulfonamides is 1. The fourth-order valence-corrected chi connectivity index (χ4v) is 6.49. The zero-order chi connectivity index (χ0) is 30.7. The lowest BCUT2D eigenvalue weighted by Gasteiger charge is -2.43. The van der Waals surface area contributed by atoms with Crippen molar-refractivity contribution in [1.29, 1.82) is 0 Å². The lowest BCUT2D eigenvalue weighted by molar-refractivity contribution is 0.0982. The molecule has 3 N–H and O–H groups in total. The first-order chi connectivity index (χ1) is 20.5. The minimum absolute atomic E-state index is 0.247. The van der Waals surface area contributed by atoms with E-state index in [0.717, 1.165) is 69.6 Å². The quantitative estimate of drug-likeness (QED) is 0.287. The third-order valence-corrected chi connectivity index (χ3v) is 9.09. The van der Waals surface area contributed by atoms with Crippen LogP contribution >= 0.6 is 23.2 Å². The van der Waals surface area contributed by atoms with Crippen molar-refractivity contribution >= 4 is 67.7 Å². The number of rotatable bonds is 9. The molecule has 2 saturated heterocycles. The lowest BCUT2D eigenvalue weighted by Crippen LogP contribution is -2.52. The smallest absolute Gasteiger partial charge is 0.229 e. The fraction of sp³-hybridized carbons (Fsp3) is 0.448. The third-order valence-electron chi connectivity index (χ3n) is 7.91.